The van der Waals surface area contributed by atoms with E-state index < -0.39 is 0 Å². The zero-order valence-corrected chi connectivity index (χ0v) is 12.1. The average Bonchev–Trinajstić information content (AvgIpc) is 2.92. The summed E-state index contributed by atoms with van der Waals surface area (Å²) in [5.74, 6) is 2.23. The first kappa shape index (κ1) is 14.5. The van der Waals surface area contributed by atoms with Gasteiger partial charge in [-0.25, -0.2) is 0 Å². The smallest absolute Gasteiger partial charge is 0.303 e. The monoisotopic (exact) mass is 240 g/mol. The fourth-order valence-electron chi connectivity index (χ4n) is 3.73. The molecule has 0 saturated heterocycles. The van der Waals surface area contributed by atoms with Crippen LogP contribution >= 0.6 is 0 Å². The molecule has 100 valence electrons. The molecule has 0 N–H and O–H groups in total. The van der Waals surface area contributed by atoms with Crippen molar-refractivity contribution in [1.29, 1.82) is 0 Å². The van der Waals surface area contributed by atoms with Crippen molar-refractivity contribution in [2.45, 2.75) is 72.3 Å². The lowest BCUT2D eigenvalue weighted by molar-refractivity contribution is -0.164. The maximum Gasteiger partial charge on any atom is 0.303 e. The quantitative estimate of drug-likeness (QED) is 0.692. The van der Waals surface area contributed by atoms with Gasteiger partial charge in [-0.3, -0.25) is 4.79 Å². The van der Waals surface area contributed by atoms with Crippen molar-refractivity contribution < 1.29 is 9.53 Å². The second-order valence-corrected chi connectivity index (χ2v) is 5.54. The highest BCUT2D eigenvalue weighted by atomic mass is 16.6. The van der Waals surface area contributed by atoms with Crippen LogP contribution in [0.5, 0.6) is 0 Å². The second-order valence-electron chi connectivity index (χ2n) is 5.54. The van der Waals surface area contributed by atoms with Gasteiger partial charge in [-0.2, -0.15) is 0 Å². The maximum absolute atomic E-state index is 11.2. The van der Waals surface area contributed by atoms with Crippen molar-refractivity contribution in [3.05, 3.63) is 0 Å². The van der Waals surface area contributed by atoms with Crippen molar-refractivity contribution in [2.24, 2.45) is 17.8 Å². The highest BCUT2D eigenvalue weighted by Gasteiger charge is 2.49. The molecule has 2 nitrogen and oxygen atoms in total. The lowest BCUT2D eigenvalue weighted by atomic mass is 9.75. The molecule has 2 saturated carbocycles. The minimum Gasteiger partial charge on any atom is -0.459 e. The Morgan fingerprint density at radius 3 is 2.29 bits per heavy atom. The van der Waals surface area contributed by atoms with Crippen LogP contribution in [0, 0.1) is 17.8 Å². The number of fused-ring (bicyclic) bond motifs is 2. The molecule has 0 aromatic heterocycles. The van der Waals surface area contributed by atoms with Gasteiger partial charge in [-0.05, 0) is 44.4 Å². The summed E-state index contributed by atoms with van der Waals surface area (Å²) in [7, 11) is 0. The Balaban J connectivity index is 0.000000686. The van der Waals surface area contributed by atoms with Crippen LogP contribution in [-0.2, 0) is 9.53 Å². The van der Waals surface area contributed by atoms with E-state index in [0.717, 1.165) is 18.3 Å². The molecule has 0 radical (unpaired) electrons. The number of carbonyl (C=O) groups excluding carboxylic acids is 1. The van der Waals surface area contributed by atoms with Crippen LogP contribution in [-0.4, -0.2) is 11.6 Å². The van der Waals surface area contributed by atoms with Crippen LogP contribution < -0.4 is 0 Å². The Hall–Kier alpha value is -0.530. The first-order valence-electron chi connectivity index (χ1n) is 7.24. The van der Waals surface area contributed by atoms with E-state index in [-0.39, 0.29) is 11.6 Å². The Morgan fingerprint density at radius 1 is 1.29 bits per heavy atom. The number of hydrogen-bond acceptors (Lipinski definition) is 2. The third kappa shape index (κ3) is 3.02. The topological polar surface area (TPSA) is 26.3 Å². The molecule has 0 aliphatic heterocycles. The molecule has 2 heteroatoms. The van der Waals surface area contributed by atoms with Crippen molar-refractivity contribution >= 4 is 5.97 Å². The van der Waals surface area contributed by atoms with E-state index >= 15 is 0 Å². The van der Waals surface area contributed by atoms with E-state index in [9.17, 15) is 4.79 Å². The van der Waals surface area contributed by atoms with Crippen LogP contribution in [0.2, 0.25) is 0 Å². The Labute approximate surface area is 106 Å². The van der Waals surface area contributed by atoms with E-state index in [0.29, 0.717) is 5.92 Å². The second kappa shape index (κ2) is 5.88. The minimum absolute atomic E-state index is 0.123. The van der Waals surface area contributed by atoms with E-state index in [2.05, 4.69) is 13.8 Å². The predicted octanol–water partition coefficient (Wildman–Crippen LogP) is 4.18. The lowest BCUT2D eigenvalue weighted by Crippen LogP contribution is -2.41. The predicted molar refractivity (Wildman–Crippen MR) is 70.7 cm³/mol. The third-order valence-electron chi connectivity index (χ3n) is 4.60. The maximum atomic E-state index is 11.2. The molecule has 17 heavy (non-hydrogen) atoms. The van der Waals surface area contributed by atoms with Crippen LogP contribution in [0.25, 0.3) is 0 Å². The fourth-order valence-corrected chi connectivity index (χ4v) is 3.73. The normalized spacial score (nSPS) is 33.6. The summed E-state index contributed by atoms with van der Waals surface area (Å²) in [6.07, 6.45) is 6.36. The molecule has 4 unspecified atom stereocenters. The molecule has 2 aliphatic carbocycles. The van der Waals surface area contributed by atoms with Gasteiger partial charge >= 0.3 is 5.97 Å². The molecule has 0 aromatic carbocycles. The number of carbonyl (C=O) groups is 1. The molecule has 2 fully saturated rings. The molecule has 0 aromatic rings. The Bertz CT molecular complexity index is 262. The number of ether oxygens (including phenoxy) is 1. The highest BCUT2D eigenvalue weighted by Crippen LogP contribution is 2.53. The Morgan fingerprint density at radius 2 is 1.94 bits per heavy atom. The molecular formula is C15H28O2. The van der Waals surface area contributed by atoms with Crippen LogP contribution in [0.3, 0.4) is 0 Å². The first-order valence-corrected chi connectivity index (χ1v) is 7.24. The number of rotatable bonds is 3. The standard InChI is InChI=1S/C13H22O2.C2H6/c1-4-13(3,15-9(2)14)12-8-10-5-6-11(12)7-10;1-2/h10-12H,4-8H2,1-3H3;1-2H3. The summed E-state index contributed by atoms with van der Waals surface area (Å²) in [5.41, 5.74) is -0.203. The molecule has 0 spiro atoms. The summed E-state index contributed by atoms with van der Waals surface area (Å²) in [5, 5.41) is 0. The zero-order chi connectivity index (χ0) is 13.1. The molecule has 4 atom stereocenters. The molecular weight excluding hydrogens is 212 g/mol. The van der Waals surface area contributed by atoms with Gasteiger partial charge in [-0.15, -0.1) is 0 Å². The van der Waals surface area contributed by atoms with Crippen molar-refractivity contribution in [1.82, 2.24) is 0 Å². The van der Waals surface area contributed by atoms with Gasteiger partial charge in [0.05, 0.1) is 0 Å². The Kier molecular flexibility index (Phi) is 5.03. The van der Waals surface area contributed by atoms with Gasteiger partial charge in [-0.1, -0.05) is 27.2 Å². The van der Waals surface area contributed by atoms with Crippen LogP contribution in [0.1, 0.15) is 66.7 Å². The van der Waals surface area contributed by atoms with Crippen molar-refractivity contribution in [2.75, 3.05) is 0 Å². The van der Waals surface area contributed by atoms with Gasteiger partial charge in [0.1, 0.15) is 5.60 Å². The fraction of sp³-hybridized carbons (Fsp3) is 0.933. The number of esters is 1. The molecule has 0 amide bonds. The van der Waals surface area contributed by atoms with Gasteiger partial charge in [0.15, 0.2) is 0 Å². The molecule has 2 rings (SSSR count). The summed E-state index contributed by atoms with van der Waals surface area (Å²) in [6, 6.07) is 0. The average molecular weight is 240 g/mol. The third-order valence-corrected chi connectivity index (χ3v) is 4.60. The van der Waals surface area contributed by atoms with Crippen molar-refractivity contribution in [3.63, 3.8) is 0 Å². The van der Waals surface area contributed by atoms with Gasteiger partial charge in [0.2, 0.25) is 0 Å². The van der Waals surface area contributed by atoms with E-state index in [4.69, 9.17) is 4.74 Å². The van der Waals surface area contributed by atoms with Gasteiger partial charge < -0.3 is 4.74 Å². The van der Waals surface area contributed by atoms with E-state index in [1.54, 1.807) is 0 Å². The lowest BCUT2D eigenvalue weighted by Gasteiger charge is -2.38. The highest BCUT2D eigenvalue weighted by molar-refractivity contribution is 5.66. The van der Waals surface area contributed by atoms with Gasteiger partial charge in [0, 0.05) is 12.8 Å². The summed E-state index contributed by atoms with van der Waals surface area (Å²) < 4.78 is 5.58. The summed E-state index contributed by atoms with van der Waals surface area (Å²) in [6.45, 7) is 9.79. The largest absolute Gasteiger partial charge is 0.459 e. The van der Waals surface area contributed by atoms with Crippen LogP contribution in [0.4, 0.5) is 0 Å². The molecule has 2 aliphatic rings. The van der Waals surface area contributed by atoms with E-state index in [1.807, 2.05) is 13.8 Å². The summed E-state index contributed by atoms with van der Waals surface area (Å²) >= 11 is 0. The molecule has 2 bridgehead atoms. The van der Waals surface area contributed by atoms with Crippen molar-refractivity contribution in [3.8, 4) is 0 Å². The minimum atomic E-state index is -0.203. The number of hydrogen-bond donors (Lipinski definition) is 0. The van der Waals surface area contributed by atoms with Gasteiger partial charge in [0.25, 0.3) is 0 Å². The van der Waals surface area contributed by atoms with Crippen LogP contribution in [0.15, 0.2) is 0 Å². The van der Waals surface area contributed by atoms with E-state index in [1.165, 1.54) is 32.6 Å². The summed E-state index contributed by atoms with van der Waals surface area (Å²) in [4.78, 5) is 11.2. The SMILES string of the molecule is CC.CCC(C)(OC(C)=O)C1CC2CCC1C2. The first-order chi connectivity index (χ1) is 8.05. The molecule has 0 heterocycles. The zero-order valence-electron chi connectivity index (χ0n) is 12.1.